The number of carbonyl (C=O) groups excluding carboxylic acids is 2. The number of aliphatic hydroxyl groups excluding tert-OH is 1. The molecular weight excluding hydrogens is 244 g/mol. The van der Waals surface area contributed by atoms with Crippen molar-refractivity contribution in [1.29, 1.82) is 0 Å². The highest BCUT2D eigenvalue weighted by atomic mass is 16.3. The average Bonchev–Trinajstić information content (AvgIpc) is 2.68. The molecule has 19 heavy (non-hydrogen) atoms. The fourth-order valence-electron chi connectivity index (χ4n) is 2.12. The first-order chi connectivity index (χ1) is 9.00. The molecule has 102 valence electrons. The van der Waals surface area contributed by atoms with Gasteiger partial charge in [0, 0.05) is 0 Å². The maximum atomic E-state index is 12.1. The summed E-state index contributed by atoms with van der Waals surface area (Å²) in [5.41, 5.74) is 0.691. The number of rotatable bonds is 4. The van der Waals surface area contributed by atoms with Gasteiger partial charge in [0.05, 0.1) is 12.6 Å². The summed E-state index contributed by atoms with van der Waals surface area (Å²) in [5, 5.41) is 12.7. The lowest BCUT2D eigenvalue weighted by Gasteiger charge is -2.18. The summed E-state index contributed by atoms with van der Waals surface area (Å²) in [5.74, 6) is -0.231. The lowest BCUT2D eigenvalue weighted by molar-refractivity contribution is -0.129. The molecule has 0 bridgehead atoms. The second kappa shape index (κ2) is 5.40. The van der Waals surface area contributed by atoms with Gasteiger partial charge in [0.1, 0.15) is 6.04 Å². The Hall–Kier alpha value is -1.88. The van der Waals surface area contributed by atoms with Crippen molar-refractivity contribution in [3.63, 3.8) is 0 Å². The number of amides is 3. The topological polar surface area (TPSA) is 69.6 Å². The Morgan fingerprint density at radius 1 is 1.26 bits per heavy atom. The first-order valence-electron chi connectivity index (χ1n) is 6.35. The van der Waals surface area contributed by atoms with Gasteiger partial charge in [-0.05, 0) is 11.5 Å². The number of nitrogens with one attached hydrogen (secondary N) is 1. The third-order valence-corrected chi connectivity index (χ3v) is 3.26. The maximum Gasteiger partial charge on any atom is 0.324 e. The summed E-state index contributed by atoms with van der Waals surface area (Å²) >= 11 is 0. The highest BCUT2D eigenvalue weighted by molar-refractivity contribution is 6.04. The summed E-state index contributed by atoms with van der Waals surface area (Å²) in [6.07, 6.45) is -0.859. The summed E-state index contributed by atoms with van der Waals surface area (Å²) < 4.78 is 0. The van der Waals surface area contributed by atoms with Gasteiger partial charge in [-0.3, -0.25) is 9.69 Å². The van der Waals surface area contributed by atoms with Gasteiger partial charge < -0.3 is 10.4 Å². The minimum absolute atomic E-state index is 0.0160. The number of benzene rings is 1. The van der Waals surface area contributed by atoms with Crippen molar-refractivity contribution in [2.75, 3.05) is 6.54 Å². The number of aliphatic hydroxyl groups is 1. The molecule has 1 aliphatic rings. The van der Waals surface area contributed by atoms with Gasteiger partial charge in [-0.2, -0.15) is 0 Å². The highest BCUT2D eigenvalue weighted by Gasteiger charge is 2.40. The molecule has 1 aromatic carbocycles. The summed E-state index contributed by atoms with van der Waals surface area (Å²) in [4.78, 5) is 24.9. The number of hydrogen-bond donors (Lipinski definition) is 2. The van der Waals surface area contributed by atoms with Crippen LogP contribution in [0.1, 0.15) is 25.5 Å². The van der Waals surface area contributed by atoms with Crippen molar-refractivity contribution in [3.8, 4) is 0 Å². The molecule has 0 spiro atoms. The molecule has 0 aliphatic carbocycles. The van der Waals surface area contributed by atoms with Crippen LogP contribution in [0.25, 0.3) is 0 Å². The SMILES string of the molecule is CC(C)C1NC(=O)N(CC(O)c2ccccc2)C1=O. The first kappa shape index (κ1) is 13.5. The zero-order valence-corrected chi connectivity index (χ0v) is 11.0. The van der Waals surface area contributed by atoms with Gasteiger partial charge in [0.25, 0.3) is 5.91 Å². The molecule has 1 aromatic rings. The average molecular weight is 262 g/mol. The van der Waals surface area contributed by atoms with E-state index < -0.39 is 18.2 Å². The molecule has 2 N–H and O–H groups in total. The van der Waals surface area contributed by atoms with Gasteiger partial charge in [-0.15, -0.1) is 0 Å². The van der Waals surface area contributed by atoms with Gasteiger partial charge in [0.2, 0.25) is 0 Å². The van der Waals surface area contributed by atoms with E-state index >= 15 is 0 Å². The molecule has 5 nitrogen and oxygen atoms in total. The van der Waals surface area contributed by atoms with Crippen LogP contribution < -0.4 is 5.32 Å². The largest absolute Gasteiger partial charge is 0.387 e. The third-order valence-electron chi connectivity index (χ3n) is 3.26. The van der Waals surface area contributed by atoms with Crippen LogP contribution in [0.15, 0.2) is 30.3 Å². The Bertz CT molecular complexity index is 473. The van der Waals surface area contributed by atoms with Gasteiger partial charge in [-0.1, -0.05) is 44.2 Å². The van der Waals surface area contributed by atoms with Crippen LogP contribution in [0, 0.1) is 5.92 Å². The standard InChI is InChI=1S/C14H18N2O3/c1-9(2)12-13(18)16(14(19)15-12)8-11(17)10-6-4-3-5-7-10/h3-7,9,11-12,17H,8H2,1-2H3,(H,15,19). The number of imide groups is 1. The van der Waals surface area contributed by atoms with Crippen molar-refractivity contribution >= 4 is 11.9 Å². The van der Waals surface area contributed by atoms with Crippen LogP contribution >= 0.6 is 0 Å². The number of hydrogen-bond acceptors (Lipinski definition) is 3. The Morgan fingerprint density at radius 2 is 1.89 bits per heavy atom. The fourth-order valence-corrected chi connectivity index (χ4v) is 2.12. The quantitative estimate of drug-likeness (QED) is 0.803. The van der Waals surface area contributed by atoms with Gasteiger partial charge in [-0.25, -0.2) is 4.79 Å². The van der Waals surface area contributed by atoms with E-state index in [1.54, 1.807) is 24.3 Å². The second-order valence-electron chi connectivity index (χ2n) is 5.05. The van der Waals surface area contributed by atoms with E-state index in [-0.39, 0.29) is 18.4 Å². The van der Waals surface area contributed by atoms with E-state index in [1.165, 1.54) is 0 Å². The van der Waals surface area contributed by atoms with Crippen molar-refractivity contribution < 1.29 is 14.7 Å². The molecule has 0 aromatic heterocycles. The minimum atomic E-state index is -0.859. The number of nitrogens with zero attached hydrogens (tertiary/aromatic N) is 1. The summed E-state index contributed by atoms with van der Waals surface area (Å²) in [6.45, 7) is 3.73. The van der Waals surface area contributed by atoms with E-state index in [0.29, 0.717) is 5.56 Å². The predicted octanol–water partition coefficient (Wildman–Crippen LogP) is 1.30. The zero-order valence-electron chi connectivity index (χ0n) is 11.0. The molecule has 2 unspecified atom stereocenters. The van der Waals surface area contributed by atoms with Gasteiger partial charge >= 0.3 is 6.03 Å². The first-order valence-corrected chi connectivity index (χ1v) is 6.35. The van der Waals surface area contributed by atoms with E-state index in [2.05, 4.69) is 5.32 Å². The molecule has 1 heterocycles. The molecule has 5 heteroatoms. The lowest BCUT2D eigenvalue weighted by atomic mass is 10.0. The zero-order chi connectivity index (χ0) is 14.0. The molecule has 0 saturated carbocycles. The normalized spacial score (nSPS) is 20.8. The summed E-state index contributed by atoms with van der Waals surface area (Å²) in [6, 6.07) is 8.07. The van der Waals surface area contributed by atoms with E-state index in [0.717, 1.165) is 4.90 Å². The molecule has 1 saturated heterocycles. The van der Waals surface area contributed by atoms with Crippen LogP contribution in [0.5, 0.6) is 0 Å². The molecule has 2 rings (SSSR count). The number of β-amino-alcohol motifs (C(OH)–C–C–N with tert-alkyl or cyclic N) is 1. The van der Waals surface area contributed by atoms with Crippen molar-refractivity contribution in [2.45, 2.75) is 26.0 Å². The maximum absolute atomic E-state index is 12.1. The van der Waals surface area contributed by atoms with Crippen molar-refractivity contribution in [3.05, 3.63) is 35.9 Å². The van der Waals surface area contributed by atoms with Crippen LogP contribution in [-0.4, -0.2) is 34.5 Å². The van der Waals surface area contributed by atoms with E-state index in [4.69, 9.17) is 0 Å². The van der Waals surface area contributed by atoms with Crippen LogP contribution in [-0.2, 0) is 4.79 Å². The van der Waals surface area contributed by atoms with Crippen molar-refractivity contribution in [2.24, 2.45) is 5.92 Å². The fraction of sp³-hybridized carbons (Fsp3) is 0.429. The molecule has 2 atom stereocenters. The Balaban J connectivity index is 2.07. The van der Waals surface area contributed by atoms with Crippen LogP contribution in [0.2, 0.25) is 0 Å². The Morgan fingerprint density at radius 3 is 2.42 bits per heavy atom. The lowest BCUT2D eigenvalue weighted by Crippen LogP contribution is -2.36. The number of urea groups is 1. The highest BCUT2D eigenvalue weighted by Crippen LogP contribution is 2.19. The monoisotopic (exact) mass is 262 g/mol. The van der Waals surface area contributed by atoms with E-state index in [9.17, 15) is 14.7 Å². The van der Waals surface area contributed by atoms with Crippen LogP contribution in [0.4, 0.5) is 4.79 Å². The second-order valence-corrected chi connectivity index (χ2v) is 5.05. The Kier molecular flexibility index (Phi) is 3.85. The molecule has 0 radical (unpaired) electrons. The number of carbonyl (C=O) groups is 2. The third kappa shape index (κ3) is 2.76. The van der Waals surface area contributed by atoms with Crippen LogP contribution in [0.3, 0.4) is 0 Å². The predicted molar refractivity (Wildman–Crippen MR) is 70.3 cm³/mol. The molecular formula is C14H18N2O3. The summed E-state index contributed by atoms with van der Waals surface area (Å²) in [7, 11) is 0. The minimum Gasteiger partial charge on any atom is -0.387 e. The van der Waals surface area contributed by atoms with E-state index in [1.807, 2.05) is 19.9 Å². The van der Waals surface area contributed by atoms with Gasteiger partial charge in [0.15, 0.2) is 0 Å². The Labute approximate surface area is 112 Å². The van der Waals surface area contributed by atoms with Crippen molar-refractivity contribution in [1.82, 2.24) is 10.2 Å². The molecule has 3 amide bonds. The molecule has 1 fully saturated rings. The smallest absolute Gasteiger partial charge is 0.324 e. The molecule has 1 aliphatic heterocycles.